The molecule has 7 nitrogen and oxygen atoms in total. The molecule has 27 heavy (non-hydrogen) atoms. The van der Waals surface area contributed by atoms with Gasteiger partial charge in [0.05, 0.1) is 12.1 Å². The molecule has 0 bridgehead atoms. The van der Waals surface area contributed by atoms with E-state index in [1.54, 1.807) is 39.6 Å². The lowest BCUT2D eigenvalue weighted by molar-refractivity contribution is -0.138. The average Bonchev–Trinajstić information content (AvgIpc) is 2.56. The van der Waals surface area contributed by atoms with E-state index in [2.05, 4.69) is 5.32 Å². The fraction of sp³-hybridized carbons (Fsp3) is 0.789. The Bertz CT molecular complexity index is 543. The standard InChI is InChI=1S/C19H34N2O5S/c1-8-16(24)27-11-13(17(25)19(4,5)6)20-18(26)14(9-10-15(22)23)21(7)12(2)3/h12-14H,8-11H2,1-7H3,(H,20,26)(H,22,23)/t13-,14?/m0/s1. The molecule has 0 saturated heterocycles. The molecule has 156 valence electrons. The second kappa shape index (κ2) is 11.4. The van der Waals surface area contributed by atoms with Crippen LogP contribution in [0.2, 0.25) is 0 Å². The van der Waals surface area contributed by atoms with E-state index in [4.69, 9.17) is 5.11 Å². The summed E-state index contributed by atoms with van der Waals surface area (Å²) in [6.07, 6.45) is 0.357. The van der Waals surface area contributed by atoms with Crippen LogP contribution in [0.1, 0.15) is 60.8 Å². The van der Waals surface area contributed by atoms with E-state index in [-0.39, 0.29) is 41.4 Å². The Hall–Kier alpha value is -1.41. The van der Waals surface area contributed by atoms with Gasteiger partial charge in [-0.1, -0.05) is 39.5 Å². The molecule has 0 fully saturated rings. The number of carboxylic acids is 1. The van der Waals surface area contributed by atoms with Crippen molar-refractivity contribution in [2.75, 3.05) is 12.8 Å². The third-order valence-corrected chi connectivity index (χ3v) is 5.42. The van der Waals surface area contributed by atoms with E-state index in [0.717, 1.165) is 11.8 Å². The third kappa shape index (κ3) is 9.37. The van der Waals surface area contributed by atoms with Gasteiger partial charge < -0.3 is 10.4 Å². The first-order chi connectivity index (χ1) is 12.3. The summed E-state index contributed by atoms with van der Waals surface area (Å²) in [7, 11) is 1.76. The molecule has 0 aromatic rings. The van der Waals surface area contributed by atoms with Crippen LogP contribution in [0.4, 0.5) is 0 Å². The molecular formula is C19H34N2O5S. The van der Waals surface area contributed by atoms with Crippen LogP contribution in [-0.2, 0) is 19.2 Å². The highest BCUT2D eigenvalue weighted by Crippen LogP contribution is 2.20. The average molecular weight is 403 g/mol. The van der Waals surface area contributed by atoms with Crippen molar-refractivity contribution in [3.63, 3.8) is 0 Å². The monoisotopic (exact) mass is 402 g/mol. The van der Waals surface area contributed by atoms with Crippen molar-refractivity contribution in [3.8, 4) is 0 Å². The molecule has 2 N–H and O–H groups in total. The molecule has 0 aromatic carbocycles. The zero-order chi connectivity index (χ0) is 21.4. The lowest BCUT2D eigenvalue weighted by Crippen LogP contribution is -2.54. The van der Waals surface area contributed by atoms with Gasteiger partial charge in [0.2, 0.25) is 5.91 Å². The summed E-state index contributed by atoms with van der Waals surface area (Å²) in [4.78, 5) is 50.0. The zero-order valence-electron chi connectivity index (χ0n) is 17.5. The quantitative estimate of drug-likeness (QED) is 0.546. The molecular weight excluding hydrogens is 368 g/mol. The number of carbonyl (C=O) groups is 4. The van der Waals surface area contributed by atoms with Crippen molar-refractivity contribution in [2.24, 2.45) is 5.41 Å². The van der Waals surface area contributed by atoms with E-state index in [1.807, 2.05) is 13.8 Å². The molecule has 0 aliphatic rings. The number of carbonyl (C=O) groups excluding carboxylic acids is 3. The minimum Gasteiger partial charge on any atom is -0.481 e. The van der Waals surface area contributed by atoms with Crippen LogP contribution in [0.25, 0.3) is 0 Å². The van der Waals surface area contributed by atoms with Gasteiger partial charge >= 0.3 is 5.97 Å². The molecule has 0 radical (unpaired) electrons. The Morgan fingerprint density at radius 3 is 2.11 bits per heavy atom. The summed E-state index contributed by atoms with van der Waals surface area (Å²) >= 11 is 1.03. The number of nitrogens with one attached hydrogen (secondary N) is 1. The number of rotatable bonds is 11. The minimum absolute atomic E-state index is 0.0300. The first kappa shape index (κ1) is 25.6. The van der Waals surface area contributed by atoms with Gasteiger partial charge in [0.1, 0.15) is 0 Å². The number of likely N-dealkylation sites (N-methyl/N-ethyl adjacent to an activating group) is 1. The highest BCUT2D eigenvalue weighted by atomic mass is 32.2. The van der Waals surface area contributed by atoms with Crippen LogP contribution < -0.4 is 5.32 Å². The summed E-state index contributed by atoms with van der Waals surface area (Å²) in [5.74, 6) is -1.35. The van der Waals surface area contributed by atoms with Crippen LogP contribution in [0.5, 0.6) is 0 Å². The molecule has 0 spiro atoms. The lowest BCUT2D eigenvalue weighted by atomic mass is 9.87. The van der Waals surface area contributed by atoms with Crippen molar-refractivity contribution >= 4 is 34.5 Å². The molecule has 2 atom stereocenters. The van der Waals surface area contributed by atoms with Gasteiger partial charge in [-0.15, -0.1) is 0 Å². The number of Topliss-reactive ketones (excluding diaryl/α,β-unsaturated/α-hetero) is 1. The molecule has 0 saturated carbocycles. The molecule has 0 rings (SSSR count). The molecule has 0 aromatic heterocycles. The van der Waals surface area contributed by atoms with Gasteiger partial charge in [0, 0.05) is 30.1 Å². The molecule has 1 amide bonds. The molecule has 0 aliphatic carbocycles. The van der Waals surface area contributed by atoms with Gasteiger partial charge in [-0.3, -0.25) is 24.1 Å². The van der Waals surface area contributed by atoms with Crippen molar-refractivity contribution in [2.45, 2.75) is 78.9 Å². The van der Waals surface area contributed by atoms with Crippen LogP contribution in [0, 0.1) is 5.41 Å². The fourth-order valence-corrected chi connectivity index (χ4v) is 3.18. The van der Waals surface area contributed by atoms with E-state index >= 15 is 0 Å². The second-order valence-electron chi connectivity index (χ2n) is 7.92. The van der Waals surface area contributed by atoms with E-state index in [1.165, 1.54) is 0 Å². The number of hydrogen-bond donors (Lipinski definition) is 2. The SMILES string of the molecule is CCC(=O)SC[C@H](NC(=O)C(CCC(=O)O)N(C)C(C)C)C(=O)C(C)(C)C. The van der Waals surface area contributed by atoms with Crippen LogP contribution in [0.3, 0.4) is 0 Å². The van der Waals surface area contributed by atoms with Gasteiger partial charge in [0.25, 0.3) is 0 Å². The minimum atomic E-state index is -0.976. The molecule has 1 unspecified atom stereocenters. The number of ketones is 1. The Morgan fingerprint density at radius 2 is 1.70 bits per heavy atom. The van der Waals surface area contributed by atoms with Crippen molar-refractivity contribution in [1.29, 1.82) is 0 Å². The second-order valence-corrected chi connectivity index (χ2v) is 9.00. The Morgan fingerprint density at radius 1 is 1.15 bits per heavy atom. The lowest BCUT2D eigenvalue weighted by Gasteiger charge is -2.32. The van der Waals surface area contributed by atoms with Crippen molar-refractivity contribution in [3.05, 3.63) is 0 Å². The maximum absolute atomic E-state index is 12.9. The van der Waals surface area contributed by atoms with Gasteiger partial charge in [-0.05, 0) is 27.3 Å². The van der Waals surface area contributed by atoms with E-state index in [0.29, 0.717) is 6.42 Å². The number of nitrogens with zero attached hydrogens (tertiary/aromatic N) is 1. The predicted molar refractivity (Wildman–Crippen MR) is 108 cm³/mol. The Labute approximate surface area is 166 Å². The summed E-state index contributed by atoms with van der Waals surface area (Å²) in [5.41, 5.74) is -0.672. The molecule has 0 heterocycles. The summed E-state index contributed by atoms with van der Waals surface area (Å²) in [5, 5.41) is 11.7. The topological polar surface area (TPSA) is 104 Å². The largest absolute Gasteiger partial charge is 0.481 e. The number of carboxylic acid groups (broad SMARTS) is 1. The first-order valence-electron chi connectivity index (χ1n) is 9.25. The van der Waals surface area contributed by atoms with Crippen molar-refractivity contribution in [1.82, 2.24) is 10.2 Å². The smallest absolute Gasteiger partial charge is 0.303 e. The van der Waals surface area contributed by atoms with E-state index < -0.39 is 23.5 Å². The molecule has 0 aliphatic heterocycles. The number of thioether (sulfide) groups is 1. The van der Waals surface area contributed by atoms with Crippen LogP contribution >= 0.6 is 11.8 Å². The van der Waals surface area contributed by atoms with Gasteiger partial charge in [-0.25, -0.2) is 0 Å². The predicted octanol–water partition coefficient (Wildman–Crippen LogP) is 2.33. The van der Waals surface area contributed by atoms with Gasteiger partial charge in [-0.2, -0.15) is 0 Å². The summed E-state index contributed by atoms with van der Waals surface area (Å²) in [6.45, 7) is 10.9. The number of hydrogen-bond acceptors (Lipinski definition) is 6. The first-order valence-corrected chi connectivity index (χ1v) is 10.2. The summed E-state index contributed by atoms with van der Waals surface area (Å²) in [6, 6.07) is -1.43. The normalized spacial score (nSPS) is 14.1. The fourth-order valence-electron chi connectivity index (χ4n) is 2.39. The third-order valence-electron chi connectivity index (χ3n) is 4.31. The van der Waals surface area contributed by atoms with Gasteiger partial charge in [0.15, 0.2) is 10.9 Å². The maximum Gasteiger partial charge on any atom is 0.303 e. The summed E-state index contributed by atoms with van der Waals surface area (Å²) < 4.78 is 0. The Kier molecular flexibility index (Phi) is 10.8. The van der Waals surface area contributed by atoms with Crippen molar-refractivity contribution < 1.29 is 24.3 Å². The highest BCUT2D eigenvalue weighted by molar-refractivity contribution is 8.13. The maximum atomic E-state index is 12.9. The number of aliphatic carboxylic acids is 1. The number of amides is 1. The van der Waals surface area contributed by atoms with Crippen LogP contribution in [-0.4, -0.2) is 63.7 Å². The molecule has 8 heteroatoms. The Balaban J connectivity index is 5.40. The zero-order valence-corrected chi connectivity index (χ0v) is 18.3. The highest BCUT2D eigenvalue weighted by Gasteiger charge is 2.34. The van der Waals surface area contributed by atoms with E-state index in [9.17, 15) is 19.2 Å². The van der Waals surface area contributed by atoms with Crippen LogP contribution in [0.15, 0.2) is 0 Å².